The fourth-order valence-corrected chi connectivity index (χ4v) is 4.38. The van der Waals surface area contributed by atoms with Gasteiger partial charge < -0.3 is 15.0 Å². The molecule has 1 aliphatic heterocycles. The average Bonchev–Trinajstić information content (AvgIpc) is 2.75. The summed E-state index contributed by atoms with van der Waals surface area (Å²) in [5.41, 5.74) is 0.587. The van der Waals surface area contributed by atoms with Crippen LogP contribution in [0.1, 0.15) is 40.0 Å². The Morgan fingerprint density at radius 3 is 2.65 bits per heavy atom. The molecule has 0 amide bonds. The third-order valence-electron chi connectivity index (χ3n) is 4.56. The maximum Gasteiger partial charge on any atom is 0.493 e. The van der Waals surface area contributed by atoms with Gasteiger partial charge in [-0.3, -0.25) is 0 Å². The fraction of sp³-hybridized carbons (Fsp3) is 0.846. The zero-order valence-electron chi connectivity index (χ0n) is 12.5. The van der Waals surface area contributed by atoms with Gasteiger partial charge >= 0.3 is 11.9 Å². The average molecular weight is 279 g/mol. The van der Waals surface area contributed by atoms with Gasteiger partial charge in [0.15, 0.2) is 0 Å². The van der Waals surface area contributed by atoms with E-state index >= 15 is 0 Å². The van der Waals surface area contributed by atoms with Crippen molar-refractivity contribution in [3.05, 3.63) is 10.1 Å². The van der Waals surface area contributed by atoms with Gasteiger partial charge in [0.2, 0.25) is 0 Å². The Balaban J connectivity index is 1.94. The second kappa shape index (κ2) is 3.93. The summed E-state index contributed by atoms with van der Waals surface area (Å²) in [5, 5.41) is 14.7. The van der Waals surface area contributed by atoms with Gasteiger partial charge in [-0.2, -0.15) is 4.68 Å². The molecule has 7 nitrogen and oxygen atoms in total. The molecule has 1 aromatic heterocycles. The molecular formula is C13H21N5O2. The molecule has 2 bridgehead atoms. The topological polar surface area (TPSA) is 77.1 Å². The molecule has 3 rings (SSSR count). The molecule has 2 heterocycles. The predicted octanol–water partition coefficient (Wildman–Crippen LogP) is 2.13. The standard InChI is InChI=1S/C13H21N5O2/c1-12(2)5-9-6-13(3,7-12)8-17(9)11-14-10(18(19)20)15-16(11)4/h9H,5-8H2,1-4H3. The summed E-state index contributed by atoms with van der Waals surface area (Å²) in [6.45, 7) is 7.83. The van der Waals surface area contributed by atoms with Crippen LogP contribution < -0.4 is 4.90 Å². The van der Waals surface area contributed by atoms with E-state index in [-0.39, 0.29) is 11.4 Å². The van der Waals surface area contributed by atoms with Crippen molar-refractivity contribution in [2.24, 2.45) is 17.9 Å². The second-order valence-corrected chi connectivity index (χ2v) is 7.43. The zero-order valence-corrected chi connectivity index (χ0v) is 12.5. The van der Waals surface area contributed by atoms with E-state index in [1.165, 1.54) is 11.1 Å². The van der Waals surface area contributed by atoms with Gasteiger partial charge in [-0.1, -0.05) is 20.8 Å². The molecule has 0 radical (unpaired) electrons. The number of fused-ring (bicyclic) bond motifs is 2. The van der Waals surface area contributed by atoms with Crippen molar-refractivity contribution < 1.29 is 4.92 Å². The summed E-state index contributed by atoms with van der Waals surface area (Å²) in [6, 6.07) is 0.409. The van der Waals surface area contributed by atoms with Crippen molar-refractivity contribution in [2.45, 2.75) is 46.1 Å². The maximum absolute atomic E-state index is 10.8. The van der Waals surface area contributed by atoms with Gasteiger partial charge in [0, 0.05) is 24.7 Å². The SMILES string of the molecule is Cn1nc([N+](=O)[O-])nc1N1CC2(C)CC1CC(C)(C)C2. The van der Waals surface area contributed by atoms with Crippen molar-refractivity contribution in [3.63, 3.8) is 0 Å². The first-order chi connectivity index (χ1) is 9.19. The lowest BCUT2D eigenvalue weighted by Crippen LogP contribution is -2.35. The highest BCUT2D eigenvalue weighted by molar-refractivity contribution is 5.39. The van der Waals surface area contributed by atoms with Gasteiger partial charge in [0.25, 0.3) is 0 Å². The van der Waals surface area contributed by atoms with E-state index in [1.54, 1.807) is 7.05 Å². The van der Waals surface area contributed by atoms with Crippen LogP contribution in [0.2, 0.25) is 0 Å². The number of aryl methyl sites for hydroxylation is 1. The second-order valence-electron chi connectivity index (χ2n) is 7.43. The molecule has 2 unspecified atom stereocenters. The molecule has 20 heavy (non-hydrogen) atoms. The number of hydrogen-bond acceptors (Lipinski definition) is 5. The molecule has 2 atom stereocenters. The molecule has 7 heteroatoms. The molecule has 0 aromatic carbocycles. The van der Waals surface area contributed by atoms with Crippen LogP contribution in [0, 0.1) is 20.9 Å². The van der Waals surface area contributed by atoms with E-state index in [1.807, 2.05) is 0 Å². The molecule has 1 aliphatic carbocycles. The molecule has 1 aromatic rings. The maximum atomic E-state index is 10.8. The van der Waals surface area contributed by atoms with E-state index < -0.39 is 4.92 Å². The Kier molecular flexibility index (Phi) is 2.62. The summed E-state index contributed by atoms with van der Waals surface area (Å²) in [4.78, 5) is 16.6. The highest BCUT2D eigenvalue weighted by atomic mass is 16.6. The Bertz CT molecular complexity index is 567. The van der Waals surface area contributed by atoms with Gasteiger partial charge in [-0.15, -0.1) is 0 Å². The Labute approximate surface area is 118 Å². The van der Waals surface area contributed by atoms with Crippen molar-refractivity contribution in [1.82, 2.24) is 14.8 Å². The van der Waals surface area contributed by atoms with Crippen LogP contribution in [-0.4, -0.2) is 32.3 Å². The lowest BCUT2D eigenvalue weighted by Gasteiger charge is -2.39. The normalized spacial score (nSPS) is 31.6. The van der Waals surface area contributed by atoms with Crippen molar-refractivity contribution >= 4 is 11.9 Å². The summed E-state index contributed by atoms with van der Waals surface area (Å²) >= 11 is 0. The molecule has 0 N–H and O–H groups in total. The lowest BCUT2D eigenvalue weighted by molar-refractivity contribution is -0.394. The molecule has 0 spiro atoms. The van der Waals surface area contributed by atoms with Crippen LogP contribution in [0.25, 0.3) is 0 Å². The Morgan fingerprint density at radius 1 is 1.35 bits per heavy atom. The number of nitrogens with zero attached hydrogens (tertiary/aromatic N) is 5. The summed E-state index contributed by atoms with van der Waals surface area (Å²) in [7, 11) is 1.73. The number of nitro groups is 1. The molecule has 110 valence electrons. The number of anilines is 1. The minimum absolute atomic E-state index is 0.271. The highest BCUT2D eigenvalue weighted by Gasteiger charge is 2.51. The van der Waals surface area contributed by atoms with E-state index in [0.29, 0.717) is 17.4 Å². The largest absolute Gasteiger partial charge is 0.493 e. The van der Waals surface area contributed by atoms with E-state index in [0.717, 1.165) is 19.4 Å². The van der Waals surface area contributed by atoms with Gasteiger partial charge in [-0.25, -0.2) is 0 Å². The smallest absolute Gasteiger partial charge is 0.390 e. The summed E-state index contributed by atoms with van der Waals surface area (Å²) in [5.74, 6) is 0.316. The minimum Gasteiger partial charge on any atom is -0.390 e. The highest BCUT2D eigenvalue weighted by Crippen LogP contribution is 2.53. The van der Waals surface area contributed by atoms with Crippen LogP contribution in [0.3, 0.4) is 0 Å². The Hall–Kier alpha value is -1.66. The first kappa shape index (κ1) is 13.3. The van der Waals surface area contributed by atoms with Crippen LogP contribution >= 0.6 is 0 Å². The van der Waals surface area contributed by atoms with Crippen molar-refractivity contribution in [1.29, 1.82) is 0 Å². The summed E-state index contributed by atoms with van der Waals surface area (Å²) in [6.07, 6.45) is 3.42. The molecule has 1 saturated heterocycles. The number of rotatable bonds is 2. The monoisotopic (exact) mass is 279 g/mol. The zero-order chi connectivity index (χ0) is 14.7. The van der Waals surface area contributed by atoms with Gasteiger partial charge in [0.1, 0.15) is 0 Å². The first-order valence-corrected chi connectivity index (χ1v) is 7.01. The lowest BCUT2D eigenvalue weighted by atomic mass is 9.65. The third-order valence-corrected chi connectivity index (χ3v) is 4.56. The van der Waals surface area contributed by atoms with Crippen molar-refractivity contribution in [2.75, 3.05) is 11.4 Å². The quantitative estimate of drug-likeness (QED) is 0.612. The molecule has 2 fully saturated rings. The van der Waals surface area contributed by atoms with Crippen molar-refractivity contribution in [3.8, 4) is 0 Å². The fourth-order valence-electron chi connectivity index (χ4n) is 4.38. The number of hydrogen-bond donors (Lipinski definition) is 0. The van der Waals surface area contributed by atoms with Crippen LogP contribution in [0.15, 0.2) is 0 Å². The van der Waals surface area contributed by atoms with Gasteiger partial charge in [0.05, 0.1) is 0 Å². The molecule has 2 aliphatic rings. The summed E-state index contributed by atoms with van der Waals surface area (Å²) < 4.78 is 1.54. The molecular weight excluding hydrogens is 258 g/mol. The first-order valence-electron chi connectivity index (χ1n) is 7.01. The minimum atomic E-state index is -0.530. The number of aromatic nitrogens is 3. The third kappa shape index (κ3) is 2.05. The van der Waals surface area contributed by atoms with E-state index in [2.05, 4.69) is 35.8 Å². The van der Waals surface area contributed by atoms with Crippen LogP contribution in [0.4, 0.5) is 11.9 Å². The Morgan fingerprint density at radius 2 is 2.05 bits per heavy atom. The van der Waals surface area contributed by atoms with Crippen LogP contribution in [-0.2, 0) is 7.05 Å². The molecule has 1 saturated carbocycles. The van der Waals surface area contributed by atoms with E-state index in [9.17, 15) is 10.1 Å². The predicted molar refractivity (Wildman–Crippen MR) is 74.5 cm³/mol. The van der Waals surface area contributed by atoms with E-state index in [4.69, 9.17) is 0 Å². The van der Waals surface area contributed by atoms with Gasteiger partial charge in [-0.05, 0) is 40.0 Å². The van der Waals surface area contributed by atoms with Crippen LogP contribution in [0.5, 0.6) is 0 Å².